The number of alkyl halides is 4. The van der Waals surface area contributed by atoms with Gasteiger partial charge in [-0.15, -0.1) is 0 Å². The standard InChI is InChI=1S/C23H24F6N4O3S/c24-15-1-3-18(4-2-15)37(35,36)33-13-16(25)9-21(33)22(34)31-11-17-10-20(19(26)12-30-17)32-7-5-14(6-8-32)23(27,28)29/h1-4,10,12,14,16,21H,5-9,11,13H2,(H,31,34)/t16-,21+/m1/s1. The number of amides is 1. The van der Waals surface area contributed by atoms with E-state index in [0.717, 1.165) is 30.5 Å². The Morgan fingerprint density at radius 2 is 1.76 bits per heavy atom. The summed E-state index contributed by atoms with van der Waals surface area (Å²) in [6.45, 7) is -0.812. The van der Waals surface area contributed by atoms with E-state index in [4.69, 9.17) is 0 Å². The second-order valence-electron chi connectivity index (χ2n) is 9.03. The fourth-order valence-corrected chi connectivity index (χ4v) is 6.18. The number of pyridine rings is 1. The van der Waals surface area contributed by atoms with Gasteiger partial charge < -0.3 is 10.2 Å². The molecule has 3 heterocycles. The fraction of sp³-hybridized carbons (Fsp3) is 0.478. The Balaban J connectivity index is 1.43. The van der Waals surface area contributed by atoms with E-state index in [0.29, 0.717) is 4.31 Å². The van der Waals surface area contributed by atoms with Crippen LogP contribution in [0, 0.1) is 17.6 Å². The van der Waals surface area contributed by atoms with Gasteiger partial charge in [0.2, 0.25) is 15.9 Å². The number of carbonyl (C=O) groups excluding carboxylic acids is 1. The molecule has 202 valence electrons. The molecule has 4 rings (SSSR count). The van der Waals surface area contributed by atoms with Crippen molar-refractivity contribution in [2.45, 2.75) is 49.1 Å². The Kier molecular flexibility index (Phi) is 7.70. The first kappa shape index (κ1) is 27.2. The van der Waals surface area contributed by atoms with Gasteiger partial charge in [-0.2, -0.15) is 17.5 Å². The molecule has 14 heteroatoms. The number of aromatic nitrogens is 1. The normalized spacial score (nSPS) is 21.8. The number of nitrogens with zero attached hydrogens (tertiary/aromatic N) is 3. The van der Waals surface area contributed by atoms with Gasteiger partial charge in [-0.25, -0.2) is 21.6 Å². The molecule has 2 fully saturated rings. The number of sulfonamides is 1. The van der Waals surface area contributed by atoms with Crippen molar-refractivity contribution >= 4 is 21.6 Å². The first-order chi connectivity index (χ1) is 17.4. The van der Waals surface area contributed by atoms with E-state index in [9.17, 15) is 39.6 Å². The maximum Gasteiger partial charge on any atom is 0.391 e. The van der Waals surface area contributed by atoms with Crippen molar-refractivity contribution in [3.05, 3.63) is 53.9 Å². The summed E-state index contributed by atoms with van der Waals surface area (Å²) in [6, 6.07) is 3.86. The lowest BCUT2D eigenvalue weighted by molar-refractivity contribution is -0.179. The molecule has 1 amide bonds. The van der Waals surface area contributed by atoms with Gasteiger partial charge in [-0.3, -0.25) is 9.78 Å². The highest BCUT2D eigenvalue weighted by Crippen LogP contribution is 2.36. The number of piperidine rings is 1. The number of hydrogen-bond acceptors (Lipinski definition) is 5. The zero-order chi connectivity index (χ0) is 27.0. The van der Waals surface area contributed by atoms with E-state index >= 15 is 0 Å². The molecule has 1 aromatic heterocycles. The minimum absolute atomic E-state index is 0.00687. The van der Waals surface area contributed by atoms with Crippen LogP contribution in [-0.2, 0) is 21.4 Å². The third-order valence-electron chi connectivity index (χ3n) is 6.56. The lowest BCUT2D eigenvalue weighted by Gasteiger charge is -2.34. The number of carbonyl (C=O) groups is 1. The van der Waals surface area contributed by atoms with Crippen molar-refractivity contribution in [1.29, 1.82) is 0 Å². The first-order valence-corrected chi connectivity index (χ1v) is 13.0. The summed E-state index contributed by atoms with van der Waals surface area (Å²) in [7, 11) is -4.29. The van der Waals surface area contributed by atoms with Crippen LogP contribution in [0.2, 0.25) is 0 Å². The minimum Gasteiger partial charge on any atom is -0.369 e. The van der Waals surface area contributed by atoms with Gasteiger partial charge in [0, 0.05) is 26.1 Å². The second kappa shape index (κ2) is 10.5. The van der Waals surface area contributed by atoms with E-state index < -0.39 is 58.4 Å². The third kappa shape index (κ3) is 6.00. The molecule has 0 aliphatic carbocycles. The van der Waals surface area contributed by atoms with Crippen molar-refractivity contribution < 1.29 is 39.6 Å². The van der Waals surface area contributed by atoms with Crippen LogP contribution in [-0.4, -0.2) is 61.6 Å². The van der Waals surface area contributed by atoms with Gasteiger partial charge in [0.1, 0.15) is 18.0 Å². The van der Waals surface area contributed by atoms with Gasteiger partial charge in [-0.1, -0.05) is 0 Å². The van der Waals surface area contributed by atoms with Crippen molar-refractivity contribution in [1.82, 2.24) is 14.6 Å². The quantitative estimate of drug-likeness (QED) is 0.557. The summed E-state index contributed by atoms with van der Waals surface area (Å²) in [5.41, 5.74) is 0.232. The smallest absolute Gasteiger partial charge is 0.369 e. The summed E-state index contributed by atoms with van der Waals surface area (Å²) >= 11 is 0. The minimum atomic E-state index is -4.31. The Bertz CT molecular complexity index is 1230. The maximum atomic E-state index is 14.4. The predicted molar refractivity (Wildman–Crippen MR) is 121 cm³/mol. The summed E-state index contributed by atoms with van der Waals surface area (Å²) in [5.74, 6) is -3.64. The molecule has 2 atom stereocenters. The number of benzene rings is 1. The van der Waals surface area contributed by atoms with Crippen LogP contribution in [0.5, 0.6) is 0 Å². The van der Waals surface area contributed by atoms with Crippen LogP contribution in [0.4, 0.5) is 32.0 Å². The monoisotopic (exact) mass is 550 g/mol. The molecular weight excluding hydrogens is 526 g/mol. The zero-order valence-electron chi connectivity index (χ0n) is 19.4. The number of anilines is 1. The van der Waals surface area contributed by atoms with E-state index in [2.05, 4.69) is 10.3 Å². The number of rotatable bonds is 6. The summed E-state index contributed by atoms with van der Waals surface area (Å²) in [4.78, 5) is 17.9. The molecule has 1 aromatic carbocycles. The van der Waals surface area contributed by atoms with Gasteiger partial charge in [-0.05, 0) is 43.2 Å². The molecule has 1 N–H and O–H groups in total. The Labute approximate surface area is 209 Å². The molecule has 0 radical (unpaired) electrons. The van der Waals surface area contributed by atoms with E-state index in [1.165, 1.54) is 11.0 Å². The first-order valence-electron chi connectivity index (χ1n) is 11.5. The van der Waals surface area contributed by atoms with Crippen LogP contribution in [0.3, 0.4) is 0 Å². The number of hydrogen-bond donors (Lipinski definition) is 1. The van der Waals surface area contributed by atoms with Gasteiger partial charge >= 0.3 is 6.18 Å². The van der Waals surface area contributed by atoms with Crippen molar-refractivity contribution in [2.24, 2.45) is 5.92 Å². The zero-order valence-corrected chi connectivity index (χ0v) is 20.2. The molecule has 0 saturated carbocycles. The SMILES string of the molecule is O=C(NCc1cc(N2CCC(C(F)(F)F)CC2)c(F)cn1)[C@@H]1C[C@@H](F)CN1S(=O)(=O)c1ccc(F)cc1. The highest BCUT2D eigenvalue weighted by Gasteiger charge is 2.44. The molecule has 37 heavy (non-hydrogen) atoms. The topological polar surface area (TPSA) is 82.6 Å². The molecule has 2 aromatic rings. The Hall–Kier alpha value is -2.87. The van der Waals surface area contributed by atoms with Crippen molar-refractivity contribution in [3.63, 3.8) is 0 Å². The number of nitrogens with one attached hydrogen (secondary N) is 1. The summed E-state index contributed by atoms with van der Waals surface area (Å²) in [5, 5.41) is 2.48. The van der Waals surface area contributed by atoms with Crippen LogP contribution in [0.15, 0.2) is 41.4 Å². The molecule has 2 aliphatic rings. The molecule has 7 nitrogen and oxygen atoms in total. The maximum absolute atomic E-state index is 14.4. The lowest BCUT2D eigenvalue weighted by Crippen LogP contribution is -2.45. The predicted octanol–water partition coefficient (Wildman–Crippen LogP) is 3.56. The number of halogens is 6. The fourth-order valence-electron chi connectivity index (χ4n) is 4.55. The van der Waals surface area contributed by atoms with E-state index in [1.54, 1.807) is 0 Å². The van der Waals surface area contributed by atoms with Crippen LogP contribution in [0.1, 0.15) is 25.0 Å². The van der Waals surface area contributed by atoms with Crippen LogP contribution < -0.4 is 10.2 Å². The molecule has 0 bridgehead atoms. The Morgan fingerprint density at radius 3 is 2.38 bits per heavy atom. The Morgan fingerprint density at radius 1 is 1.11 bits per heavy atom. The third-order valence-corrected chi connectivity index (χ3v) is 8.45. The van der Waals surface area contributed by atoms with Gasteiger partial charge in [0.05, 0.1) is 34.9 Å². The largest absolute Gasteiger partial charge is 0.391 e. The molecule has 2 aliphatic heterocycles. The molecule has 0 unspecified atom stereocenters. The molecule has 0 spiro atoms. The van der Waals surface area contributed by atoms with Crippen molar-refractivity contribution in [2.75, 3.05) is 24.5 Å². The van der Waals surface area contributed by atoms with Crippen LogP contribution in [0.25, 0.3) is 0 Å². The van der Waals surface area contributed by atoms with Crippen molar-refractivity contribution in [3.8, 4) is 0 Å². The van der Waals surface area contributed by atoms with E-state index in [1.807, 2.05) is 0 Å². The van der Waals surface area contributed by atoms with Crippen LogP contribution >= 0.6 is 0 Å². The highest BCUT2D eigenvalue weighted by atomic mass is 32.2. The lowest BCUT2D eigenvalue weighted by atomic mass is 9.96. The average Bonchev–Trinajstić information content (AvgIpc) is 3.26. The highest BCUT2D eigenvalue weighted by molar-refractivity contribution is 7.89. The average molecular weight is 551 g/mol. The molecule has 2 saturated heterocycles. The molecular formula is C23H24F6N4O3S. The summed E-state index contributed by atoms with van der Waals surface area (Å²) < 4.78 is 107. The van der Waals surface area contributed by atoms with Gasteiger partial charge in [0.25, 0.3) is 0 Å². The van der Waals surface area contributed by atoms with Gasteiger partial charge in [0.15, 0.2) is 5.82 Å². The second-order valence-corrected chi connectivity index (χ2v) is 10.9. The van der Waals surface area contributed by atoms with E-state index in [-0.39, 0.29) is 55.2 Å². The summed E-state index contributed by atoms with van der Waals surface area (Å²) in [6.07, 6.45) is -5.76.